The fourth-order valence-corrected chi connectivity index (χ4v) is 1.73. The molecule has 2 unspecified atom stereocenters. The van der Waals surface area contributed by atoms with Gasteiger partial charge in [-0.1, -0.05) is 0 Å². The number of amides is 1. The highest BCUT2D eigenvalue weighted by Crippen LogP contribution is 2.38. The largest absolute Gasteiger partial charge is 0.481 e. The van der Waals surface area contributed by atoms with Crippen molar-refractivity contribution in [1.29, 1.82) is 0 Å². The predicted octanol–water partition coefficient (Wildman–Crippen LogP) is 0.0177. The first kappa shape index (κ1) is 9.70. The number of carboxylic acids is 1. The van der Waals surface area contributed by atoms with Crippen molar-refractivity contribution in [3.63, 3.8) is 0 Å². The number of rotatable bonds is 3. The molecule has 1 heterocycles. The second kappa shape index (κ2) is 3.38. The SMILES string of the molecule is NC(=O)c1cnn(C2CCC2C(=O)O)c1. The van der Waals surface area contributed by atoms with Gasteiger partial charge in [-0.25, -0.2) is 0 Å². The molecule has 0 spiro atoms. The average molecular weight is 209 g/mol. The molecule has 0 aromatic carbocycles. The second-order valence-corrected chi connectivity index (χ2v) is 3.66. The van der Waals surface area contributed by atoms with Crippen molar-refractivity contribution < 1.29 is 14.7 Å². The minimum absolute atomic E-state index is 0.143. The monoisotopic (exact) mass is 209 g/mol. The van der Waals surface area contributed by atoms with E-state index in [9.17, 15) is 9.59 Å². The summed E-state index contributed by atoms with van der Waals surface area (Å²) in [5, 5.41) is 12.8. The maximum absolute atomic E-state index is 10.8. The van der Waals surface area contributed by atoms with Gasteiger partial charge in [-0.3, -0.25) is 14.3 Å². The van der Waals surface area contributed by atoms with Gasteiger partial charge in [-0.2, -0.15) is 5.10 Å². The van der Waals surface area contributed by atoms with E-state index in [1.54, 1.807) is 0 Å². The Morgan fingerprint density at radius 1 is 1.53 bits per heavy atom. The quantitative estimate of drug-likeness (QED) is 0.732. The van der Waals surface area contributed by atoms with Crippen molar-refractivity contribution in [3.05, 3.63) is 18.0 Å². The lowest BCUT2D eigenvalue weighted by Crippen LogP contribution is -2.35. The van der Waals surface area contributed by atoms with Crippen molar-refractivity contribution in [3.8, 4) is 0 Å². The van der Waals surface area contributed by atoms with Crippen LogP contribution >= 0.6 is 0 Å². The van der Waals surface area contributed by atoms with Gasteiger partial charge < -0.3 is 10.8 Å². The number of aromatic nitrogens is 2. The van der Waals surface area contributed by atoms with E-state index in [4.69, 9.17) is 10.8 Å². The minimum atomic E-state index is -0.817. The molecular formula is C9H11N3O3. The molecule has 2 rings (SSSR count). The van der Waals surface area contributed by atoms with E-state index in [0.29, 0.717) is 12.0 Å². The summed E-state index contributed by atoms with van der Waals surface area (Å²) >= 11 is 0. The van der Waals surface area contributed by atoms with Gasteiger partial charge >= 0.3 is 5.97 Å². The second-order valence-electron chi connectivity index (χ2n) is 3.66. The molecule has 1 aromatic heterocycles. The first-order valence-corrected chi connectivity index (χ1v) is 4.66. The average Bonchev–Trinajstić information content (AvgIpc) is 2.49. The van der Waals surface area contributed by atoms with Crippen molar-refractivity contribution >= 4 is 11.9 Å². The zero-order valence-corrected chi connectivity index (χ0v) is 7.96. The zero-order valence-electron chi connectivity index (χ0n) is 7.96. The topological polar surface area (TPSA) is 98.2 Å². The highest BCUT2D eigenvalue weighted by atomic mass is 16.4. The molecule has 3 N–H and O–H groups in total. The van der Waals surface area contributed by atoms with Gasteiger partial charge in [0.2, 0.25) is 0 Å². The first-order chi connectivity index (χ1) is 7.09. The Hall–Kier alpha value is -1.85. The molecule has 15 heavy (non-hydrogen) atoms. The summed E-state index contributed by atoms with van der Waals surface area (Å²) in [5.74, 6) is -1.76. The molecule has 2 atom stereocenters. The molecule has 0 bridgehead atoms. The Labute approximate surface area is 85.7 Å². The number of hydrogen-bond acceptors (Lipinski definition) is 3. The molecule has 6 heteroatoms. The van der Waals surface area contributed by atoms with Crippen LogP contribution in [-0.4, -0.2) is 26.8 Å². The molecule has 0 radical (unpaired) electrons. The van der Waals surface area contributed by atoms with E-state index in [0.717, 1.165) is 6.42 Å². The fourth-order valence-electron chi connectivity index (χ4n) is 1.73. The summed E-state index contributed by atoms with van der Waals surface area (Å²) in [4.78, 5) is 21.6. The normalized spacial score (nSPS) is 24.5. The van der Waals surface area contributed by atoms with Crippen LogP contribution in [0.1, 0.15) is 29.2 Å². The number of nitrogens with two attached hydrogens (primary N) is 1. The van der Waals surface area contributed by atoms with E-state index in [1.807, 2.05) is 0 Å². The van der Waals surface area contributed by atoms with Gasteiger partial charge in [0.15, 0.2) is 0 Å². The van der Waals surface area contributed by atoms with Crippen LogP contribution in [0.15, 0.2) is 12.4 Å². The summed E-state index contributed by atoms with van der Waals surface area (Å²) < 4.78 is 1.52. The lowest BCUT2D eigenvalue weighted by Gasteiger charge is -2.33. The van der Waals surface area contributed by atoms with Crippen molar-refractivity contribution in [1.82, 2.24) is 9.78 Å². The number of hydrogen-bond donors (Lipinski definition) is 2. The van der Waals surface area contributed by atoms with Crippen LogP contribution in [0.4, 0.5) is 0 Å². The Morgan fingerprint density at radius 3 is 2.67 bits per heavy atom. The van der Waals surface area contributed by atoms with Crippen LogP contribution in [0.3, 0.4) is 0 Å². The molecule has 1 saturated carbocycles. The highest BCUT2D eigenvalue weighted by Gasteiger charge is 2.38. The lowest BCUT2D eigenvalue weighted by atomic mass is 9.80. The lowest BCUT2D eigenvalue weighted by molar-refractivity contribution is -0.147. The zero-order chi connectivity index (χ0) is 11.0. The van der Waals surface area contributed by atoms with Crippen LogP contribution in [0.5, 0.6) is 0 Å². The molecule has 1 aliphatic carbocycles. The standard InChI is InChI=1S/C9H11N3O3/c10-8(13)5-3-11-12(4-5)7-2-1-6(7)9(14)15/h3-4,6-7H,1-2H2,(H2,10,13)(H,14,15). The van der Waals surface area contributed by atoms with Crippen molar-refractivity contribution in [2.24, 2.45) is 11.7 Å². The molecule has 1 aliphatic rings. The maximum Gasteiger partial charge on any atom is 0.308 e. The Morgan fingerprint density at radius 2 is 2.27 bits per heavy atom. The number of carbonyl (C=O) groups is 2. The van der Waals surface area contributed by atoms with Gasteiger partial charge in [0.1, 0.15) is 0 Å². The Bertz CT molecular complexity index is 412. The molecule has 1 aromatic rings. The molecule has 1 amide bonds. The van der Waals surface area contributed by atoms with Crippen LogP contribution in [-0.2, 0) is 4.79 Å². The summed E-state index contributed by atoms with van der Waals surface area (Å²) in [6, 6.07) is -0.143. The molecule has 80 valence electrons. The van der Waals surface area contributed by atoms with E-state index < -0.39 is 17.8 Å². The summed E-state index contributed by atoms with van der Waals surface area (Å²) in [6.45, 7) is 0. The first-order valence-electron chi connectivity index (χ1n) is 4.66. The number of carboxylic acid groups (broad SMARTS) is 1. The molecule has 1 fully saturated rings. The smallest absolute Gasteiger partial charge is 0.308 e. The third kappa shape index (κ3) is 1.58. The van der Waals surface area contributed by atoms with Crippen LogP contribution in [0, 0.1) is 5.92 Å². The minimum Gasteiger partial charge on any atom is -0.481 e. The summed E-state index contributed by atoms with van der Waals surface area (Å²) in [7, 11) is 0. The molecule has 0 saturated heterocycles. The number of aliphatic carboxylic acids is 1. The predicted molar refractivity (Wildman–Crippen MR) is 50.1 cm³/mol. The highest BCUT2D eigenvalue weighted by molar-refractivity contribution is 5.92. The van der Waals surface area contributed by atoms with Gasteiger partial charge in [0.05, 0.1) is 23.7 Å². The van der Waals surface area contributed by atoms with E-state index in [1.165, 1.54) is 17.1 Å². The van der Waals surface area contributed by atoms with Gasteiger partial charge in [-0.15, -0.1) is 0 Å². The number of nitrogens with zero attached hydrogens (tertiary/aromatic N) is 2. The fraction of sp³-hybridized carbons (Fsp3) is 0.444. The molecular weight excluding hydrogens is 198 g/mol. The van der Waals surface area contributed by atoms with Crippen LogP contribution in [0.25, 0.3) is 0 Å². The molecule has 0 aliphatic heterocycles. The number of carbonyl (C=O) groups excluding carboxylic acids is 1. The number of primary amides is 1. The van der Waals surface area contributed by atoms with Gasteiger partial charge in [0.25, 0.3) is 5.91 Å². The summed E-state index contributed by atoms with van der Waals surface area (Å²) in [6.07, 6.45) is 4.30. The van der Waals surface area contributed by atoms with Crippen LogP contribution < -0.4 is 5.73 Å². The maximum atomic E-state index is 10.8. The van der Waals surface area contributed by atoms with Gasteiger partial charge in [0, 0.05) is 6.20 Å². The van der Waals surface area contributed by atoms with E-state index in [-0.39, 0.29) is 6.04 Å². The van der Waals surface area contributed by atoms with Crippen molar-refractivity contribution in [2.75, 3.05) is 0 Å². The van der Waals surface area contributed by atoms with Gasteiger partial charge in [-0.05, 0) is 12.8 Å². The third-order valence-electron chi connectivity index (χ3n) is 2.78. The van der Waals surface area contributed by atoms with Crippen LogP contribution in [0.2, 0.25) is 0 Å². The Kier molecular flexibility index (Phi) is 2.18. The Balaban J connectivity index is 2.16. The summed E-state index contributed by atoms with van der Waals surface area (Å²) in [5.41, 5.74) is 5.38. The van der Waals surface area contributed by atoms with Crippen molar-refractivity contribution in [2.45, 2.75) is 18.9 Å². The van der Waals surface area contributed by atoms with E-state index in [2.05, 4.69) is 5.10 Å². The van der Waals surface area contributed by atoms with E-state index >= 15 is 0 Å². The molecule has 6 nitrogen and oxygen atoms in total. The third-order valence-corrected chi connectivity index (χ3v) is 2.78.